The fourth-order valence-electron chi connectivity index (χ4n) is 3.77. The van der Waals surface area contributed by atoms with E-state index in [-0.39, 0.29) is 11.9 Å². The van der Waals surface area contributed by atoms with Crippen LogP contribution < -0.4 is 0 Å². The lowest BCUT2D eigenvalue weighted by atomic mass is 10.0. The molecule has 7 heteroatoms. The van der Waals surface area contributed by atoms with E-state index in [0.717, 1.165) is 5.76 Å². The van der Waals surface area contributed by atoms with Crippen molar-refractivity contribution in [3.8, 4) is 0 Å². The zero-order chi connectivity index (χ0) is 18.9. The van der Waals surface area contributed by atoms with Crippen LogP contribution in [0.25, 0.3) is 6.08 Å². The highest BCUT2D eigenvalue weighted by molar-refractivity contribution is 7.88. The summed E-state index contributed by atoms with van der Waals surface area (Å²) in [5, 5.41) is 0. The first kappa shape index (κ1) is 19.2. The molecule has 26 heavy (non-hydrogen) atoms. The van der Waals surface area contributed by atoms with Gasteiger partial charge in [0, 0.05) is 37.7 Å². The van der Waals surface area contributed by atoms with E-state index < -0.39 is 10.0 Å². The standard InChI is InChI=1S/C19H28N2O4S/c1-4-21(26(3,23)24)15-9-11-20(12-10-15)19(22)8-6-16-5-7-18(25-16)17-13-14(17)2/h5-8,14-15,17H,4,9-13H2,1-3H3/b8-6+. The Kier molecular flexibility index (Phi) is 5.58. The van der Waals surface area contributed by atoms with Crippen molar-refractivity contribution in [3.05, 3.63) is 29.7 Å². The molecule has 144 valence electrons. The van der Waals surface area contributed by atoms with E-state index in [1.54, 1.807) is 17.1 Å². The molecule has 2 unspecified atom stereocenters. The van der Waals surface area contributed by atoms with E-state index in [2.05, 4.69) is 6.92 Å². The van der Waals surface area contributed by atoms with Crippen LogP contribution in [0.1, 0.15) is 50.5 Å². The summed E-state index contributed by atoms with van der Waals surface area (Å²) in [6.45, 7) is 5.67. The summed E-state index contributed by atoms with van der Waals surface area (Å²) in [4.78, 5) is 14.2. The van der Waals surface area contributed by atoms with Gasteiger partial charge in [-0.2, -0.15) is 4.31 Å². The second kappa shape index (κ2) is 7.56. The maximum absolute atomic E-state index is 12.4. The van der Waals surface area contributed by atoms with Crippen molar-refractivity contribution in [2.75, 3.05) is 25.9 Å². The number of carbonyl (C=O) groups is 1. The first-order valence-corrected chi connectivity index (χ1v) is 11.2. The molecule has 1 saturated heterocycles. The van der Waals surface area contributed by atoms with Crippen LogP contribution in [-0.2, 0) is 14.8 Å². The van der Waals surface area contributed by atoms with Gasteiger partial charge in [-0.05, 0) is 43.4 Å². The fourth-order valence-corrected chi connectivity index (χ4v) is 4.99. The maximum Gasteiger partial charge on any atom is 0.246 e. The minimum absolute atomic E-state index is 0.0174. The van der Waals surface area contributed by atoms with Gasteiger partial charge in [-0.25, -0.2) is 8.42 Å². The Morgan fingerprint density at radius 1 is 1.35 bits per heavy atom. The molecule has 1 aliphatic heterocycles. The molecular weight excluding hydrogens is 352 g/mol. The van der Waals surface area contributed by atoms with Crippen molar-refractivity contribution in [2.24, 2.45) is 5.92 Å². The Morgan fingerprint density at radius 3 is 2.54 bits per heavy atom. The van der Waals surface area contributed by atoms with Crippen LogP contribution in [0.4, 0.5) is 0 Å². The maximum atomic E-state index is 12.4. The molecule has 1 aliphatic carbocycles. The first-order valence-electron chi connectivity index (χ1n) is 9.33. The summed E-state index contributed by atoms with van der Waals surface area (Å²) >= 11 is 0. The van der Waals surface area contributed by atoms with E-state index in [0.29, 0.717) is 50.1 Å². The molecule has 2 aliphatic rings. The van der Waals surface area contributed by atoms with Crippen LogP contribution >= 0.6 is 0 Å². The molecule has 2 fully saturated rings. The monoisotopic (exact) mass is 380 g/mol. The van der Waals surface area contributed by atoms with Crippen LogP contribution in [0.3, 0.4) is 0 Å². The molecule has 1 amide bonds. The van der Waals surface area contributed by atoms with E-state index in [9.17, 15) is 13.2 Å². The second-order valence-corrected chi connectivity index (χ2v) is 9.35. The number of hydrogen-bond donors (Lipinski definition) is 0. The molecular formula is C19H28N2O4S. The van der Waals surface area contributed by atoms with Crippen molar-refractivity contribution in [3.63, 3.8) is 0 Å². The predicted molar refractivity (Wildman–Crippen MR) is 101 cm³/mol. The number of piperidine rings is 1. The topological polar surface area (TPSA) is 70.8 Å². The molecule has 0 bridgehead atoms. The Hall–Kier alpha value is -1.60. The van der Waals surface area contributed by atoms with Gasteiger partial charge in [-0.1, -0.05) is 13.8 Å². The molecule has 3 rings (SSSR count). The Morgan fingerprint density at radius 2 is 2.00 bits per heavy atom. The predicted octanol–water partition coefficient (Wildman–Crippen LogP) is 2.69. The third-order valence-electron chi connectivity index (χ3n) is 5.43. The third-order valence-corrected chi connectivity index (χ3v) is 6.84. The molecule has 6 nitrogen and oxygen atoms in total. The van der Waals surface area contributed by atoms with Gasteiger partial charge in [-0.3, -0.25) is 4.79 Å². The van der Waals surface area contributed by atoms with Gasteiger partial charge < -0.3 is 9.32 Å². The number of furan rings is 1. The molecule has 0 spiro atoms. The van der Waals surface area contributed by atoms with E-state index in [4.69, 9.17) is 4.42 Å². The lowest BCUT2D eigenvalue weighted by molar-refractivity contribution is -0.127. The number of amides is 1. The number of hydrogen-bond acceptors (Lipinski definition) is 4. The number of rotatable bonds is 6. The largest absolute Gasteiger partial charge is 0.461 e. The summed E-state index contributed by atoms with van der Waals surface area (Å²) in [6.07, 6.45) is 7.03. The molecule has 1 aromatic rings. The van der Waals surface area contributed by atoms with Crippen molar-refractivity contribution >= 4 is 22.0 Å². The fraction of sp³-hybridized carbons (Fsp3) is 0.632. The van der Waals surface area contributed by atoms with E-state index in [1.807, 2.05) is 19.1 Å². The van der Waals surface area contributed by atoms with Gasteiger partial charge in [0.1, 0.15) is 11.5 Å². The lowest BCUT2D eigenvalue weighted by Crippen LogP contribution is -2.48. The normalized spacial score (nSPS) is 24.5. The van der Waals surface area contributed by atoms with Crippen molar-refractivity contribution in [1.29, 1.82) is 0 Å². The van der Waals surface area contributed by atoms with E-state index >= 15 is 0 Å². The minimum Gasteiger partial charge on any atom is -0.461 e. The van der Waals surface area contributed by atoms with Crippen LogP contribution in [0.5, 0.6) is 0 Å². The van der Waals surface area contributed by atoms with Crippen molar-refractivity contribution in [2.45, 2.75) is 45.1 Å². The van der Waals surface area contributed by atoms with Gasteiger partial charge in [0.2, 0.25) is 15.9 Å². The average molecular weight is 381 g/mol. The highest BCUT2D eigenvalue weighted by Crippen LogP contribution is 2.47. The van der Waals surface area contributed by atoms with Gasteiger partial charge in [0.15, 0.2) is 0 Å². The Balaban J connectivity index is 1.53. The average Bonchev–Trinajstić information content (AvgIpc) is 3.14. The lowest BCUT2D eigenvalue weighted by Gasteiger charge is -2.36. The summed E-state index contributed by atoms with van der Waals surface area (Å²) in [5.41, 5.74) is 0. The molecule has 0 radical (unpaired) electrons. The van der Waals surface area contributed by atoms with Crippen LogP contribution in [-0.4, -0.2) is 55.5 Å². The number of carbonyl (C=O) groups excluding carboxylic acids is 1. The number of sulfonamides is 1. The van der Waals surface area contributed by atoms with Gasteiger partial charge in [-0.15, -0.1) is 0 Å². The van der Waals surface area contributed by atoms with Crippen LogP contribution in [0.2, 0.25) is 0 Å². The molecule has 1 aromatic heterocycles. The van der Waals surface area contributed by atoms with E-state index in [1.165, 1.54) is 17.0 Å². The Labute approximate surface area is 155 Å². The zero-order valence-corrected chi connectivity index (χ0v) is 16.5. The smallest absolute Gasteiger partial charge is 0.246 e. The van der Waals surface area contributed by atoms with Crippen LogP contribution in [0, 0.1) is 5.92 Å². The van der Waals surface area contributed by atoms with Crippen LogP contribution in [0.15, 0.2) is 22.6 Å². The zero-order valence-electron chi connectivity index (χ0n) is 15.7. The third kappa shape index (κ3) is 4.38. The summed E-state index contributed by atoms with van der Waals surface area (Å²) < 4.78 is 31.0. The van der Waals surface area contributed by atoms with Gasteiger partial charge >= 0.3 is 0 Å². The molecule has 0 N–H and O–H groups in total. The first-order chi connectivity index (χ1) is 12.3. The Bertz CT molecular complexity index is 775. The summed E-state index contributed by atoms with van der Waals surface area (Å²) in [6, 6.07) is 3.88. The molecule has 0 aromatic carbocycles. The molecule has 2 atom stereocenters. The number of nitrogens with zero attached hydrogens (tertiary/aromatic N) is 2. The SMILES string of the molecule is CCN(C1CCN(C(=O)/C=C/c2ccc(C3CC3C)o2)CC1)S(C)(=O)=O. The summed E-state index contributed by atoms with van der Waals surface area (Å²) in [5.74, 6) is 2.88. The van der Waals surface area contributed by atoms with Crippen molar-refractivity contribution < 1.29 is 17.6 Å². The minimum atomic E-state index is -3.20. The van der Waals surface area contributed by atoms with Gasteiger partial charge in [0.25, 0.3) is 0 Å². The molecule has 2 heterocycles. The summed E-state index contributed by atoms with van der Waals surface area (Å²) in [7, 11) is -3.20. The highest BCUT2D eigenvalue weighted by atomic mass is 32.2. The second-order valence-electron chi connectivity index (χ2n) is 7.42. The highest BCUT2D eigenvalue weighted by Gasteiger charge is 2.36. The number of likely N-dealkylation sites (tertiary alicyclic amines) is 1. The molecule has 1 saturated carbocycles. The van der Waals surface area contributed by atoms with Crippen molar-refractivity contribution in [1.82, 2.24) is 9.21 Å². The van der Waals surface area contributed by atoms with Gasteiger partial charge in [0.05, 0.1) is 6.26 Å². The quantitative estimate of drug-likeness (QED) is 0.712.